The summed E-state index contributed by atoms with van der Waals surface area (Å²) in [6.07, 6.45) is 0. The maximum Gasteiger partial charge on any atom is 0.340 e. The van der Waals surface area contributed by atoms with Crippen LogP contribution in [-0.2, 0) is 10.4 Å². The summed E-state index contributed by atoms with van der Waals surface area (Å²) in [6.45, 7) is 1.29. The lowest BCUT2D eigenvalue weighted by molar-refractivity contribution is -0.157. The molecule has 3 nitrogen and oxygen atoms in total. The smallest absolute Gasteiger partial charge is 0.340 e. The van der Waals surface area contributed by atoms with Crippen molar-refractivity contribution in [2.45, 2.75) is 12.5 Å². The van der Waals surface area contributed by atoms with Gasteiger partial charge in [-0.25, -0.2) is 4.79 Å². The number of aliphatic hydroxyl groups is 1. The highest BCUT2D eigenvalue weighted by molar-refractivity contribution is 7.19. The van der Waals surface area contributed by atoms with Gasteiger partial charge in [0.25, 0.3) is 0 Å². The van der Waals surface area contributed by atoms with Crippen molar-refractivity contribution in [1.29, 1.82) is 0 Å². The van der Waals surface area contributed by atoms with Crippen molar-refractivity contribution in [2.24, 2.45) is 0 Å². The van der Waals surface area contributed by atoms with E-state index in [2.05, 4.69) is 0 Å². The summed E-state index contributed by atoms with van der Waals surface area (Å²) in [6, 6.07) is 9.29. The second-order valence-electron chi connectivity index (χ2n) is 3.53. The molecule has 2 aromatic rings. The van der Waals surface area contributed by atoms with E-state index >= 15 is 0 Å². The van der Waals surface area contributed by atoms with Gasteiger partial charge >= 0.3 is 5.97 Å². The molecule has 15 heavy (non-hydrogen) atoms. The average Bonchev–Trinajstić information content (AvgIpc) is 2.61. The van der Waals surface area contributed by atoms with E-state index in [1.807, 2.05) is 24.3 Å². The number of carboxylic acids is 1. The van der Waals surface area contributed by atoms with Gasteiger partial charge in [0.05, 0.1) is 0 Å². The molecule has 0 amide bonds. The van der Waals surface area contributed by atoms with Crippen molar-refractivity contribution >= 4 is 27.4 Å². The number of aliphatic carboxylic acids is 1. The van der Waals surface area contributed by atoms with Gasteiger partial charge in [-0.15, -0.1) is 11.3 Å². The second kappa shape index (κ2) is 3.32. The van der Waals surface area contributed by atoms with Crippen LogP contribution in [0.25, 0.3) is 10.1 Å². The molecule has 0 aliphatic carbocycles. The van der Waals surface area contributed by atoms with Crippen LogP contribution in [0.2, 0.25) is 0 Å². The van der Waals surface area contributed by atoms with Crippen molar-refractivity contribution in [1.82, 2.24) is 0 Å². The standard InChI is InChI=1S/C11H10O3S/c1-11(14,10(12)13)9-6-7-4-2-3-5-8(7)15-9/h2-6,14H,1H3,(H,12,13). The molecule has 0 radical (unpaired) electrons. The van der Waals surface area contributed by atoms with Crippen molar-refractivity contribution in [3.63, 3.8) is 0 Å². The Morgan fingerprint density at radius 3 is 2.67 bits per heavy atom. The van der Waals surface area contributed by atoms with E-state index in [1.54, 1.807) is 6.07 Å². The minimum Gasteiger partial charge on any atom is -0.479 e. The second-order valence-corrected chi connectivity index (χ2v) is 4.61. The molecule has 2 N–H and O–H groups in total. The summed E-state index contributed by atoms with van der Waals surface area (Å²) in [7, 11) is 0. The highest BCUT2D eigenvalue weighted by atomic mass is 32.1. The first-order valence-electron chi connectivity index (χ1n) is 4.46. The van der Waals surface area contributed by atoms with Crippen molar-refractivity contribution in [3.8, 4) is 0 Å². The summed E-state index contributed by atoms with van der Waals surface area (Å²) >= 11 is 1.30. The van der Waals surface area contributed by atoms with Crippen LogP contribution < -0.4 is 0 Å². The zero-order chi connectivity index (χ0) is 11.1. The molecule has 0 aliphatic heterocycles. The fourth-order valence-electron chi connectivity index (χ4n) is 1.33. The first-order valence-corrected chi connectivity index (χ1v) is 5.28. The Morgan fingerprint density at radius 2 is 2.07 bits per heavy atom. The van der Waals surface area contributed by atoms with Gasteiger partial charge in [-0.3, -0.25) is 0 Å². The van der Waals surface area contributed by atoms with Crippen LogP contribution in [0.3, 0.4) is 0 Å². The monoisotopic (exact) mass is 222 g/mol. The molecule has 1 unspecified atom stereocenters. The number of hydrogen-bond donors (Lipinski definition) is 2. The molecule has 2 rings (SSSR count). The van der Waals surface area contributed by atoms with Gasteiger partial charge in [0, 0.05) is 9.58 Å². The highest BCUT2D eigenvalue weighted by Gasteiger charge is 2.33. The number of rotatable bonds is 2. The van der Waals surface area contributed by atoms with Gasteiger partial charge in [0.15, 0.2) is 5.60 Å². The highest BCUT2D eigenvalue weighted by Crippen LogP contribution is 2.33. The predicted octanol–water partition coefficient (Wildman–Crippen LogP) is 2.19. The van der Waals surface area contributed by atoms with Gasteiger partial charge in [-0.2, -0.15) is 0 Å². The van der Waals surface area contributed by atoms with Crippen LogP contribution in [0, 0.1) is 0 Å². The van der Waals surface area contributed by atoms with Gasteiger partial charge in [0.1, 0.15) is 0 Å². The number of thiophene rings is 1. The number of carboxylic acid groups (broad SMARTS) is 1. The molecule has 0 spiro atoms. The third kappa shape index (κ3) is 1.62. The molecule has 1 heterocycles. The number of carbonyl (C=O) groups is 1. The van der Waals surface area contributed by atoms with E-state index in [9.17, 15) is 9.90 Å². The molecular formula is C11H10O3S. The van der Waals surface area contributed by atoms with E-state index in [1.165, 1.54) is 18.3 Å². The maximum absolute atomic E-state index is 10.9. The minimum atomic E-state index is -1.80. The number of hydrogen-bond acceptors (Lipinski definition) is 3. The Balaban J connectivity index is 2.58. The van der Waals surface area contributed by atoms with Gasteiger partial charge in [0.2, 0.25) is 0 Å². The van der Waals surface area contributed by atoms with Crippen LogP contribution in [0.1, 0.15) is 11.8 Å². The average molecular weight is 222 g/mol. The Morgan fingerprint density at radius 1 is 1.40 bits per heavy atom. The summed E-state index contributed by atoms with van der Waals surface area (Å²) in [5.74, 6) is -1.23. The quantitative estimate of drug-likeness (QED) is 0.818. The third-order valence-electron chi connectivity index (χ3n) is 2.32. The first kappa shape index (κ1) is 10.1. The lowest BCUT2D eigenvalue weighted by Gasteiger charge is -2.14. The van der Waals surface area contributed by atoms with Gasteiger partial charge in [-0.05, 0) is 24.4 Å². The molecular weight excluding hydrogens is 212 g/mol. The number of benzene rings is 1. The molecule has 0 saturated heterocycles. The van der Waals surface area contributed by atoms with E-state index in [4.69, 9.17) is 5.11 Å². The Labute approximate surface area is 90.6 Å². The Kier molecular flexibility index (Phi) is 2.25. The third-order valence-corrected chi connectivity index (χ3v) is 3.65. The summed E-state index contributed by atoms with van der Waals surface area (Å²) in [4.78, 5) is 11.3. The number of fused-ring (bicyclic) bond motifs is 1. The predicted molar refractivity (Wildman–Crippen MR) is 59.0 cm³/mol. The summed E-state index contributed by atoms with van der Waals surface area (Å²) < 4.78 is 0.981. The van der Waals surface area contributed by atoms with Crippen LogP contribution in [0.15, 0.2) is 30.3 Å². The van der Waals surface area contributed by atoms with Crippen LogP contribution in [0.5, 0.6) is 0 Å². The SMILES string of the molecule is CC(O)(C(=O)O)c1cc2ccccc2s1. The normalized spacial score (nSPS) is 15.1. The molecule has 0 saturated carbocycles. The van der Waals surface area contributed by atoms with E-state index in [0.717, 1.165) is 10.1 Å². The van der Waals surface area contributed by atoms with E-state index < -0.39 is 11.6 Å². The fraction of sp³-hybridized carbons (Fsp3) is 0.182. The lowest BCUT2D eigenvalue weighted by Crippen LogP contribution is -2.30. The lowest BCUT2D eigenvalue weighted by atomic mass is 10.1. The molecule has 4 heteroatoms. The minimum absolute atomic E-state index is 0.455. The van der Waals surface area contributed by atoms with Crippen molar-refractivity contribution < 1.29 is 15.0 Å². The molecule has 0 bridgehead atoms. The van der Waals surface area contributed by atoms with Gasteiger partial charge < -0.3 is 10.2 Å². The van der Waals surface area contributed by atoms with Crippen LogP contribution in [0.4, 0.5) is 0 Å². The Bertz CT molecular complexity index is 480. The molecule has 78 valence electrons. The van der Waals surface area contributed by atoms with Crippen LogP contribution >= 0.6 is 11.3 Å². The molecule has 1 aromatic heterocycles. The zero-order valence-electron chi connectivity index (χ0n) is 8.10. The molecule has 1 aromatic carbocycles. The summed E-state index contributed by atoms with van der Waals surface area (Å²) in [5, 5.41) is 19.6. The fourth-order valence-corrected chi connectivity index (χ4v) is 2.43. The molecule has 0 aliphatic rings. The summed E-state index contributed by atoms with van der Waals surface area (Å²) in [5.41, 5.74) is -1.80. The Hall–Kier alpha value is -1.39. The van der Waals surface area contributed by atoms with Crippen molar-refractivity contribution in [2.75, 3.05) is 0 Å². The molecule has 0 fully saturated rings. The maximum atomic E-state index is 10.9. The van der Waals surface area contributed by atoms with Crippen LogP contribution in [-0.4, -0.2) is 16.2 Å². The van der Waals surface area contributed by atoms with Crippen molar-refractivity contribution in [3.05, 3.63) is 35.2 Å². The van der Waals surface area contributed by atoms with Gasteiger partial charge in [-0.1, -0.05) is 18.2 Å². The van der Waals surface area contributed by atoms with E-state index in [-0.39, 0.29) is 0 Å². The first-order chi connectivity index (χ1) is 7.01. The largest absolute Gasteiger partial charge is 0.479 e. The topological polar surface area (TPSA) is 57.5 Å². The molecule has 1 atom stereocenters. The zero-order valence-corrected chi connectivity index (χ0v) is 8.91. The van der Waals surface area contributed by atoms with E-state index in [0.29, 0.717) is 4.88 Å².